The third-order valence-corrected chi connectivity index (χ3v) is 4.09. The minimum absolute atomic E-state index is 0.566. The highest BCUT2D eigenvalue weighted by atomic mass is 16.5. The number of hydrogen-bond donors (Lipinski definition) is 1. The first kappa shape index (κ1) is 15.3. The second kappa shape index (κ2) is 8.28. The van der Waals surface area contributed by atoms with Gasteiger partial charge < -0.3 is 14.8 Å². The molecular formula is C17H27NO2. The summed E-state index contributed by atoms with van der Waals surface area (Å²) >= 11 is 0. The molecule has 0 saturated carbocycles. The highest BCUT2D eigenvalue weighted by Crippen LogP contribution is 2.22. The van der Waals surface area contributed by atoms with Crippen LogP contribution in [0.5, 0.6) is 5.75 Å². The number of hydrogen-bond acceptors (Lipinski definition) is 3. The molecule has 0 radical (unpaired) electrons. The van der Waals surface area contributed by atoms with Gasteiger partial charge in [-0.05, 0) is 55.8 Å². The minimum atomic E-state index is 0.566. The molecule has 1 heterocycles. The molecule has 1 unspecified atom stereocenters. The van der Waals surface area contributed by atoms with Gasteiger partial charge in [0.1, 0.15) is 5.75 Å². The van der Waals surface area contributed by atoms with E-state index in [0.29, 0.717) is 6.04 Å². The summed E-state index contributed by atoms with van der Waals surface area (Å²) < 4.78 is 10.7. The van der Waals surface area contributed by atoms with Crippen molar-refractivity contribution in [3.05, 3.63) is 29.8 Å². The summed E-state index contributed by atoms with van der Waals surface area (Å²) in [6, 6.07) is 9.01. The van der Waals surface area contributed by atoms with Gasteiger partial charge in [0.25, 0.3) is 0 Å². The van der Waals surface area contributed by atoms with E-state index >= 15 is 0 Å². The lowest BCUT2D eigenvalue weighted by Gasteiger charge is -2.27. The van der Waals surface area contributed by atoms with Crippen molar-refractivity contribution in [2.24, 2.45) is 5.92 Å². The van der Waals surface area contributed by atoms with Crippen LogP contribution in [0.15, 0.2) is 24.3 Å². The van der Waals surface area contributed by atoms with Crippen LogP contribution < -0.4 is 10.1 Å². The van der Waals surface area contributed by atoms with E-state index in [2.05, 4.69) is 24.4 Å². The van der Waals surface area contributed by atoms with Gasteiger partial charge in [-0.25, -0.2) is 0 Å². The molecule has 0 amide bonds. The first-order chi connectivity index (χ1) is 9.81. The summed E-state index contributed by atoms with van der Waals surface area (Å²) in [5.41, 5.74) is 1.38. The molecule has 0 aromatic heterocycles. The maximum Gasteiger partial charge on any atom is 0.118 e. The van der Waals surface area contributed by atoms with Gasteiger partial charge in [-0.15, -0.1) is 0 Å². The Morgan fingerprint density at radius 2 is 1.95 bits per heavy atom. The van der Waals surface area contributed by atoms with Crippen molar-refractivity contribution in [3.63, 3.8) is 0 Å². The Balaban J connectivity index is 1.89. The topological polar surface area (TPSA) is 30.5 Å². The van der Waals surface area contributed by atoms with Crippen molar-refractivity contribution in [1.82, 2.24) is 5.32 Å². The van der Waals surface area contributed by atoms with Crippen LogP contribution in [0.4, 0.5) is 0 Å². The highest BCUT2D eigenvalue weighted by molar-refractivity contribution is 5.27. The summed E-state index contributed by atoms with van der Waals surface area (Å²) in [4.78, 5) is 0. The molecule has 2 rings (SSSR count). The number of likely N-dealkylation sites (N-methyl/N-ethyl adjacent to an activating group) is 1. The SMILES string of the molecule is CCNC(Cc1ccc(OC)cc1)CC1CCOCC1. The number of nitrogens with one attached hydrogen (secondary N) is 1. The maximum atomic E-state index is 5.45. The minimum Gasteiger partial charge on any atom is -0.497 e. The first-order valence-corrected chi connectivity index (χ1v) is 7.76. The molecule has 0 bridgehead atoms. The molecule has 1 fully saturated rings. The molecule has 1 aromatic rings. The van der Waals surface area contributed by atoms with Crippen LogP contribution in [-0.4, -0.2) is 32.9 Å². The van der Waals surface area contributed by atoms with Gasteiger partial charge in [-0.1, -0.05) is 19.1 Å². The quantitative estimate of drug-likeness (QED) is 0.831. The largest absolute Gasteiger partial charge is 0.497 e. The molecule has 112 valence electrons. The number of methoxy groups -OCH3 is 1. The Morgan fingerprint density at radius 3 is 2.55 bits per heavy atom. The lowest BCUT2D eigenvalue weighted by molar-refractivity contribution is 0.0606. The van der Waals surface area contributed by atoms with Gasteiger partial charge in [-0.3, -0.25) is 0 Å². The van der Waals surface area contributed by atoms with E-state index in [1.165, 1.54) is 24.8 Å². The molecule has 0 spiro atoms. The van der Waals surface area contributed by atoms with E-state index in [-0.39, 0.29) is 0 Å². The molecular weight excluding hydrogens is 250 g/mol. The van der Waals surface area contributed by atoms with Crippen LogP contribution in [0.2, 0.25) is 0 Å². The zero-order valence-electron chi connectivity index (χ0n) is 12.7. The second-order valence-electron chi connectivity index (χ2n) is 5.60. The standard InChI is InChI=1S/C17H27NO2/c1-3-18-16(13-15-8-10-20-11-9-15)12-14-4-6-17(19-2)7-5-14/h4-7,15-16,18H,3,8-13H2,1-2H3. The molecule has 1 atom stereocenters. The molecule has 1 saturated heterocycles. The Bertz CT molecular complexity index is 371. The third-order valence-electron chi connectivity index (χ3n) is 4.09. The fourth-order valence-corrected chi connectivity index (χ4v) is 2.96. The molecule has 1 aliphatic heterocycles. The van der Waals surface area contributed by atoms with Crippen molar-refractivity contribution in [3.8, 4) is 5.75 Å². The van der Waals surface area contributed by atoms with E-state index in [4.69, 9.17) is 9.47 Å². The lowest BCUT2D eigenvalue weighted by atomic mass is 9.90. The van der Waals surface area contributed by atoms with E-state index in [1.807, 2.05) is 12.1 Å². The maximum absolute atomic E-state index is 5.45. The van der Waals surface area contributed by atoms with Gasteiger partial charge in [-0.2, -0.15) is 0 Å². The first-order valence-electron chi connectivity index (χ1n) is 7.76. The van der Waals surface area contributed by atoms with Gasteiger partial charge >= 0.3 is 0 Å². The van der Waals surface area contributed by atoms with E-state index in [1.54, 1.807) is 7.11 Å². The fourth-order valence-electron chi connectivity index (χ4n) is 2.96. The van der Waals surface area contributed by atoms with Crippen molar-refractivity contribution in [1.29, 1.82) is 0 Å². The van der Waals surface area contributed by atoms with Gasteiger partial charge in [0.2, 0.25) is 0 Å². The Morgan fingerprint density at radius 1 is 1.25 bits per heavy atom. The zero-order valence-corrected chi connectivity index (χ0v) is 12.7. The predicted molar refractivity (Wildman–Crippen MR) is 82.3 cm³/mol. The van der Waals surface area contributed by atoms with Crippen molar-refractivity contribution in [2.75, 3.05) is 26.9 Å². The van der Waals surface area contributed by atoms with Crippen LogP contribution in [0.1, 0.15) is 31.7 Å². The van der Waals surface area contributed by atoms with E-state index < -0.39 is 0 Å². The lowest BCUT2D eigenvalue weighted by Crippen LogP contribution is -2.34. The van der Waals surface area contributed by atoms with Crippen molar-refractivity contribution < 1.29 is 9.47 Å². The van der Waals surface area contributed by atoms with Crippen LogP contribution in [0.3, 0.4) is 0 Å². The molecule has 3 heteroatoms. The third kappa shape index (κ3) is 4.80. The van der Waals surface area contributed by atoms with Gasteiger partial charge in [0.15, 0.2) is 0 Å². The van der Waals surface area contributed by atoms with Gasteiger partial charge in [0.05, 0.1) is 7.11 Å². The number of rotatable bonds is 7. The van der Waals surface area contributed by atoms with E-state index in [0.717, 1.165) is 37.8 Å². The predicted octanol–water partition coefficient (Wildman–Crippen LogP) is 3.03. The number of benzene rings is 1. The highest BCUT2D eigenvalue weighted by Gasteiger charge is 2.19. The van der Waals surface area contributed by atoms with Crippen LogP contribution in [0.25, 0.3) is 0 Å². The van der Waals surface area contributed by atoms with Crippen LogP contribution >= 0.6 is 0 Å². The van der Waals surface area contributed by atoms with Crippen LogP contribution in [-0.2, 0) is 11.2 Å². The summed E-state index contributed by atoms with van der Waals surface area (Å²) in [5, 5.41) is 3.63. The Hall–Kier alpha value is -1.06. The number of ether oxygens (including phenoxy) is 2. The summed E-state index contributed by atoms with van der Waals surface area (Å²) in [5.74, 6) is 1.74. The average Bonchev–Trinajstić information content (AvgIpc) is 2.49. The second-order valence-corrected chi connectivity index (χ2v) is 5.60. The van der Waals surface area contributed by atoms with Gasteiger partial charge in [0, 0.05) is 19.3 Å². The molecule has 1 aliphatic rings. The Kier molecular flexibility index (Phi) is 6.34. The van der Waals surface area contributed by atoms with E-state index in [9.17, 15) is 0 Å². The Labute approximate surface area is 122 Å². The molecule has 0 aliphatic carbocycles. The summed E-state index contributed by atoms with van der Waals surface area (Å²) in [6.07, 6.45) is 4.77. The normalized spacial score (nSPS) is 17.9. The monoisotopic (exact) mass is 277 g/mol. The fraction of sp³-hybridized carbons (Fsp3) is 0.647. The zero-order chi connectivity index (χ0) is 14.2. The molecule has 3 nitrogen and oxygen atoms in total. The van der Waals surface area contributed by atoms with Crippen molar-refractivity contribution in [2.45, 2.75) is 38.6 Å². The summed E-state index contributed by atoms with van der Waals surface area (Å²) in [6.45, 7) is 5.09. The van der Waals surface area contributed by atoms with Crippen LogP contribution in [0, 0.1) is 5.92 Å². The molecule has 1 aromatic carbocycles. The molecule has 20 heavy (non-hydrogen) atoms. The van der Waals surface area contributed by atoms with Crippen molar-refractivity contribution >= 4 is 0 Å². The summed E-state index contributed by atoms with van der Waals surface area (Å²) in [7, 11) is 1.71. The average molecular weight is 277 g/mol. The molecule has 1 N–H and O–H groups in total. The smallest absolute Gasteiger partial charge is 0.118 e.